The fourth-order valence-corrected chi connectivity index (χ4v) is 10.3. The summed E-state index contributed by atoms with van der Waals surface area (Å²) in [5.41, 5.74) is 9.80. The molecule has 14 aromatic rings. The highest BCUT2D eigenvalue weighted by Crippen LogP contribution is 2.45. The summed E-state index contributed by atoms with van der Waals surface area (Å²) >= 11 is 0. The molecule has 3 heterocycles. The lowest BCUT2D eigenvalue weighted by Crippen LogP contribution is -2.00. The maximum atomic E-state index is 6.96. The topological polar surface area (TPSA) is 56.7 Å². The largest absolute Gasteiger partial charge is 0.456 e. The molecule has 14 rings (SSSR count). The van der Waals surface area contributed by atoms with Gasteiger partial charge in [0.15, 0.2) is 17.5 Å². The lowest BCUT2D eigenvalue weighted by molar-refractivity contribution is 0.668. The van der Waals surface area contributed by atoms with Crippen LogP contribution in [0.4, 0.5) is 0 Å². The molecule has 0 radical (unpaired) electrons. The number of furan rings is 1. The molecule has 5 nitrogen and oxygen atoms in total. The predicted molar refractivity (Wildman–Crippen MR) is 273 cm³/mol. The van der Waals surface area contributed by atoms with Crippen LogP contribution < -0.4 is 0 Å². The van der Waals surface area contributed by atoms with Gasteiger partial charge in [0.05, 0.1) is 16.7 Å². The van der Waals surface area contributed by atoms with E-state index in [0.717, 1.165) is 66.3 Å². The lowest BCUT2D eigenvalue weighted by atomic mass is 9.98. The molecule has 0 unspecified atom stereocenters. The van der Waals surface area contributed by atoms with Crippen molar-refractivity contribution in [2.24, 2.45) is 0 Å². The third-order valence-corrected chi connectivity index (χ3v) is 13.4. The van der Waals surface area contributed by atoms with Crippen molar-refractivity contribution in [2.75, 3.05) is 0 Å². The third kappa shape index (κ3) is 5.63. The van der Waals surface area contributed by atoms with Crippen LogP contribution in [-0.2, 0) is 0 Å². The lowest BCUT2D eigenvalue weighted by Gasteiger charge is -2.16. The minimum atomic E-state index is 0.580. The summed E-state index contributed by atoms with van der Waals surface area (Å²) in [7, 11) is 0. The Kier molecular flexibility index (Phi) is 7.91. The van der Waals surface area contributed by atoms with Crippen LogP contribution in [0.3, 0.4) is 0 Å². The second kappa shape index (κ2) is 14.3. The third-order valence-electron chi connectivity index (χ3n) is 13.4. The Balaban J connectivity index is 1.05. The molecule has 66 heavy (non-hydrogen) atoms. The zero-order valence-electron chi connectivity index (χ0n) is 35.5. The van der Waals surface area contributed by atoms with E-state index in [9.17, 15) is 0 Å². The second-order valence-corrected chi connectivity index (χ2v) is 17.1. The molecule has 0 spiro atoms. The van der Waals surface area contributed by atoms with E-state index in [1.165, 1.54) is 54.0 Å². The molecule has 0 atom stereocenters. The fourth-order valence-electron chi connectivity index (χ4n) is 10.3. The monoisotopic (exact) mass is 840 g/mol. The molecule has 0 aliphatic heterocycles. The van der Waals surface area contributed by atoms with E-state index >= 15 is 0 Å². The maximum absolute atomic E-state index is 6.96. The van der Waals surface area contributed by atoms with Crippen molar-refractivity contribution in [2.45, 2.75) is 0 Å². The van der Waals surface area contributed by atoms with Crippen LogP contribution in [0.25, 0.3) is 138 Å². The van der Waals surface area contributed by atoms with Crippen molar-refractivity contribution in [3.63, 3.8) is 0 Å². The van der Waals surface area contributed by atoms with Gasteiger partial charge < -0.3 is 8.98 Å². The smallest absolute Gasteiger partial charge is 0.164 e. The number of fused-ring (bicyclic) bond motifs is 12. The first-order valence-electron chi connectivity index (χ1n) is 22.3. The van der Waals surface area contributed by atoms with E-state index in [-0.39, 0.29) is 0 Å². The summed E-state index contributed by atoms with van der Waals surface area (Å²) in [6.07, 6.45) is 0. The van der Waals surface area contributed by atoms with Gasteiger partial charge in [0.2, 0.25) is 0 Å². The minimum Gasteiger partial charge on any atom is -0.456 e. The Morgan fingerprint density at radius 2 is 0.924 bits per heavy atom. The Hall–Kier alpha value is -8.93. The van der Waals surface area contributed by atoms with Gasteiger partial charge in [0, 0.05) is 55.3 Å². The summed E-state index contributed by atoms with van der Waals surface area (Å²) in [6.45, 7) is 0. The van der Waals surface area contributed by atoms with Crippen molar-refractivity contribution in [3.05, 3.63) is 218 Å². The van der Waals surface area contributed by atoms with Crippen LogP contribution in [0, 0.1) is 0 Å². The van der Waals surface area contributed by atoms with Crippen LogP contribution >= 0.6 is 0 Å². The molecule has 0 N–H and O–H groups in total. The second-order valence-electron chi connectivity index (χ2n) is 17.1. The van der Waals surface area contributed by atoms with Crippen LogP contribution in [0.1, 0.15) is 0 Å². The van der Waals surface area contributed by atoms with E-state index < -0.39 is 0 Å². The molecule has 0 saturated carbocycles. The van der Waals surface area contributed by atoms with Gasteiger partial charge in [-0.05, 0) is 73.6 Å². The SMILES string of the molecule is c1ccc(-c2nc(-c3ccc4ccc5ccccc5c4c3)nc(-c3cccc4oc5cc(-n6c7cc8ccccc8cc7c7ccc8ccccc8c76)c(-c6ccccc6)cc5c34)n2)cc1. The van der Waals surface area contributed by atoms with Gasteiger partial charge in [0.25, 0.3) is 0 Å². The molecule has 0 saturated heterocycles. The molecule has 11 aromatic carbocycles. The predicted octanol–water partition coefficient (Wildman–Crippen LogP) is 16.1. The molecule has 0 aliphatic rings. The minimum absolute atomic E-state index is 0.580. The molecule has 306 valence electrons. The molecule has 0 amide bonds. The van der Waals surface area contributed by atoms with Crippen LogP contribution in [0.15, 0.2) is 223 Å². The molecule has 3 aromatic heterocycles. The number of nitrogens with zero attached hydrogens (tertiary/aromatic N) is 4. The van der Waals surface area contributed by atoms with Gasteiger partial charge in [-0.2, -0.15) is 0 Å². The van der Waals surface area contributed by atoms with Crippen molar-refractivity contribution in [1.29, 1.82) is 0 Å². The first kappa shape index (κ1) is 36.5. The van der Waals surface area contributed by atoms with E-state index in [1.807, 2.05) is 24.3 Å². The van der Waals surface area contributed by atoms with Gasteiger partial charge in [0.1, 0.15) is 11.2 Å². The van der Waals surface area contributed by atoms with Gasteiger partial charge in [-0.15, -0.1) is 0 Å². The van der Waals surface area contributed by atoms with Crippen molar-refractivity contribution < 1.29 is 4.42 Å². The van der Waals surface area contributed by atoms with Crippen LogP contribution in [0.2, 0.25) is 0 Å². The first-order chi connectivity index (χ1) is 32.7. The average molecular weight is 841 g/mol. The van der Waals surface area contributed by atoms with Crippen molar-refractivity contribution >= 4 is 86.8 Å². The fraction of sp³-hybridized carbons (Fsp3) is 0. The Morgan fingerprint density at radius 3 is 1.71 bits per heavy atom. The highest BCUT2D eigenvalue weighted by molar-refractivity contribution is 6.22. The summed E-state index contributed by atoms with van der Waals surface area (Å²) in [5, 5.41) is 13.9. The number of aromatic nitrogens is 4. The summed E-state index contributed by atoms with van der Waals surface area (Å²) in [4.78, 5) is 15.7. The standard InChI is InChI=1S/C61H36N4O/c1-3-14-37(15-4-1)50-35-52-56(36-54(50)65-53-34-43-21-8-7-20-42(43)32-51(53)47-31-30-39-17-10-12-23-46(39)58(47)65)66-55-25-13-24-48(57(52)55)61-63-59(41-18-5-2-6-19-41)62-60(64-61)44-29-28-40-27-26-38-16-9-11-22-45(38)49(40)33-44/h1-36H. The van der Waals surface area contributed by atoms with Crippen molar-refractivity contribution in [1.82, 2.24) is 19.5 Å². The van der Waals surface area contributed by atoms with Gasteiger partial charge in [-0.25, -0.2) is 15.0 Å². The molecule has 0 fully saturated rings. The van der Waals surface area contributed by atoms with Crippen molar-refractivity contribution in [3.8, 4) is 51.0 Å². The van der Waals surface area contributed by atoms with Gasteiger partial charge in [-0.1, -0.05) is 182 Å². The van der Waals surface area contributed by atoms with E-state index in [0.29, 0.717) is 17.5 Å². The maximum Gasteiger partial charge on any atom is 0.164 e. The van der Waals surface area contributed by atoms with E-state index in [2.05, 4.69) is 199 Å². The first-order valence-corrected chi connectivity index (χ1v) is 22.3. The quantitative estimate of drug-likeness (QED) is 0.162. The average Bonchev–Trinajstić information content (AvgIpc) is 3.92. The number of hydrogen-bond donors (Lipinski definition) is 0. The summed E-state index contributed by atoms with van der Waals surface area (Å²) in [5.74, 6) is 1.80. The molecule has 0 aliphatic carbocycles. The number of rotatable bonds is 5. The van der Waals surface area contributed by atoms with Gasteiger partial charge >= 0.3 is 0 Å². The molecule has 0 bridgehead atoms. The molecular weight excluding hydrogens is 805 g/mol. The number of benzene rings is 11. The highest BCUT2D eigenvalue weighted by atomic mass is 16.3. The Morgan fingerprint density at radius 1 is 0.318 bits per heavy atom. The van der Waals surface area contributed by atoms with Crippen LogP contribution in [0.5, 0.6) is 0 Å². The normalized spacial score (nSPS) is 11.9. The molecular formula is C61H36N4O. The Labute approximate surface area is 378 Å². The Bertz CT molecular complexity index is 4280. The summed E-state index contributed by atoms with van der Waals surface area (Å²) in [6, 6.07) is 77.6. The summed E-state index contributed by atoms with van der Waals surface area (Å²) < 4.78 is 9.43. The van der Waals surface area contributed by atoms with Gasteiger partial charge in [-0.3, -0.25) is 0 Å². The number of hydrogen-bond acceptors (Lipinski definition) is 4. The van der Waals surface area contributed by atoms with Crippen LogP contribution in [-0.4, -0.2) is 19.5 Å². The highest BCUT2D eigenvalue weighted by Gasteiger charge is 2.23. The molecule has 5 heteroatoms. The van der Waals surface area contributed by atoms with E-state index in [4.69, 9.17) is 19.4 Å². The zero-order valence-corrected chi connectivity index (χ0v) is 35.5. The zero-order chi connectivity index (χ0) is 43.3. The van der Waals surface area contributed by atoms with E-state index in [1.54, 1.807) is 0 Å².